The van der Waals surface area contributed by atoms with Crippen molar-refractivity contribution in [1.29, 1.82) is 0 Å². The van der Waals surface area contributed by atoms with Crippen molar-refractivity contribution >= 4 is 46.0 Å². The molecule has 0 saturated heterocycles. The monoisotopic (exact) mass is 534 g/mol. The Morgan fingerprint density at radius 1 is 0.946 bits per heavy atom. The summed E-state index contributed by atoms with van der Waals surface area (Å²) < 4.78 is 12.7. The van der Waals surface area contributed by atoms with Crippen LogP contribution < -0.4 is 14.8 Å². The van der Waals surface area contributed by atoms with Gasteiger partial charge in [-0.05, 0) is 17.7 Å². The second kappa shape index (κ2) is 10.4. The Kier molecular flexibility index (Phi) is 6.89. The van der Waals surface area contributed by atoms with Crippen LogP contribution in [0.4, 0.5) is 5.82 Å². The first-order valence-electron chi connectivity index (χ1n) is 11.1. The van der Waals surface area contributed by atoms with Crippen LogP contribution in [-0.4, -0.2) is 44.6 Å². The first-order chi connectivity index (χ1) is 18.0. The number of hydrogen-bond donors (Lipinski definition) is 1. The molecule has 5 aromatic rings. The predicted molar refractivity (Wildman–Crippen MR) is 142 cm³/mol. The minimum atomic E-state index is -0.382. The Labute approximate surface area is 222 Å². The number of methoxy groups -OCH3 is 2. The van der Waals surface area contributed by atoms with Crippen molar-refractivity contribution in [3.05, 3.63) is 88.8 Å². The van der Waals surface area contributed by atoms with Gasteiger partial charge in [-0.2, -0.15) is 0 Å². The first kappa shape index (κ1) is 24.5. The largest absolute Gasteiger partial charge is 0.495 e. The summed E-state index contributed by atoms with van der Waals surface area (Å²) in [6.07, 6.45) is 10.1. The lowest BCUT2D eigenvalue weighted by molar-refractivity contribution is 0.102. The van der Waals surface area contributed by atoms with E-state index in [0.29, 0.717) is 51.6 Å². The zero-order valence-electron chi connectivity index (χ0n) is 19.8. The molecule has 0 saturated carbocycles. The SMILES string of the molecule is COc1cc(OC)c(Cl)c(-c2ccc(C(=O)Nc3ccc(Cn4ccnc4)cn3)c3nccnc23)c1Cl. The third-order valence-corrected chi connectivity index (χ3v) is 6.45. The van der Waals surface area contributed by atoms with Crippen LogP contribution in [0.1, 0.15) is 15.9 Å². The summed E-state index contributed by atoms with van der Waals surface area (Å²) in [5, 5.41) is 3.40. The summed E-state index contributed by atoms with van der Waals surface area (Å²) in [6, 6.07) is 8.61. The molecule has 0 spiro atoms. The standard InChI is InChI=1S/C26H20Cl2N6O3/c1-36-18-11-19(37-2)23(28)21(22(18)27)16-4-5-17(25-24(16)30-7-8-31-25)26(35)33-20-6-3-15(12-32-20)13-34-10-9-29-14-34/h3-12,14H,13H2,1-2H3,(H,32,33,35). The van der Waals surface area contributed by atoms with E-state index < -0.39 is 0 Å². The van der Waals surface area contributed by atoms with Crippen molar-refractivity contribution in [3.8, 4) is 22.6 Å². The molecule has 0 aliphatic carbocycles. The van der Waals surface area contributed by atoms with Crippen molar-refractivity contribution in [1.82, 2.24) is 24.5 Å². The van der Waals surface area contributed by atoms with Crippen molar-refractivity contribution in [2.24, 2.45) is 0 Å². The van der Waals surface area contributed by atoms with Gasteiger partial charge in [0.25, 0.3) is 5.91 Å². The first-order valence-corrected chi connectivity index (χ1v) is 11.8. The van der Waals surface area contributed by atoms with E-state index in [4.69, 9.17) is 32.7 Å². The number of carbonyl (C=O) groups is 1. The molecular weight excluding hydrogens is 515 g/mol. The fourth-order valence-corrected chi connectivity index (χ4v) is 4.63. The number of amides is 1. The average molecular weight is 535 g/mol. The van der Waals surface area contributed by atoms with Crippen LogP contribution in [0.5, 0.6) is 11.5 Å². The smallest absolute Gasteiger partial charge is 0.259 e. The van der Waals surface area contributed by atoms with Crippen LogP contribution in [0.3, 0.4) is 0 Å². The molecule has 0 unspecified atom stereocenters. The minimum absolute atomic E-state index is 0.289. The number of ether oxygens (including phenoxy) is 2. The molecular formula is C26H20Cl2N6O3. The molecule has 3 aromatic heterocycles. The summed E-state index contributed by atoms with van der Waals surface area (Å²) in [5.74, 6) is 0.801. The molecule has 5 rings (SSSR count). The Morgan fingerprint density at radius 2 is 1.68 bits per heavy atom. The third-order valence-electron chi connectivity index (χ3n) is 5.70. The van der Waals surface area contributed by atoms with Crippen LogP contribution >= 0.6 is 23.2 Å². The van der Waals surface area contributed by atoms with E-state index >= 15 is 0 Å². The highest BCUT2D eigenvalue weighted by Crippen LogP contribution is 2.47. The average Bonchev–Trinajstić information content (AvgIpc) is 3.43. The van der Waals surface area contributed by atoms with Crippen LogP contribution in [0.25, 0.3) is 22.2 Å². The lowest BCUT2D eigenvalue weighted by Gasteiger charge is -2.16. The maximum Gasteiger partial charge on any atom is 0.259 e. The topological polar surface area (TPSA) is 104 Å². The molecule has 186 valence electrons. The number of hydrogen-bond acceptors (Lipinski definition) is 7. The normalized spacial score (nSPS) is 10.9. The van der Waals surface area contributed by atoms with Gasteiger partial charge in [0.1, 0.15) is 22.8 Å². The fourth-order valence-electron chi connectivity index (χ4n) is 3.93. The molecule has 1 N–H and O–H groups in total. The summed E-state index contributed by atoms with van der Waals surface area (Å²) >= 11 is 13.3. The summed E-state index contributed by atoms with van der Waals surface area (Å²) in [6.45, 7) is 0.628. The van der Waals surface area contributed by atoms with Gasteiger partial charge in [0.2, 0.25) is 0 Å². The van der Waals surface area contributed by atoms with Crippen molar-refractivity contribution in [2.45, 2.75) is 6.54 Å². The van der Waals surface area contributed by atoms with Gasteiger partial charge >= 0.3 is 0 Å². The molecule has 0 radical (unpaired) electrons. The lowest BCUT2D eigenvalue weighted by atomic mass is 9.99. The second-order valence-corrected chi connectivity index (χ2v) is 8.70. The third kappa shape index (κ3) is 4.78. The summed E-state index contributed by atoms with van der Waals surface area (Å²) in [7, 11) is 3.00. The second-order valence-electron chi connectivity index (χ2n) is 7.94. The van der Waals surface area contributed by atoms with Crippen molar-refractivity contribution in [2.75, 3.05) is 19.5 Å². The number of carbonyl (C=O) groups excluding carboxylic acids is 1. The fraction of sp³-hybridized carbons (Fsp3) is 0.115. The molecule has 37 heavy (non-hydrogen) atoms. The molecule has 0 fully saturated rings. The highest BCUT2D eigenvalue weighted by Gasteiger charge is 2.23. The van der Waals surface area contributed by atoms with Crippen LogP contribution in [0.2, 0.25) is 10.0 Å². The number of halogens is 2. The molecule has 0 atom stereocenters. The number of rotatable bonds is 7. The summed E-state index contributed by atoms with van der Waals surface area (Å²) in [5.41, 5.74) is 3.15. The molecule has 3 heterocycles. The van der Waals surface area contributed by atoms with E-state index in [1.54, 1.807) is 43.0 Å². The maximum atomic E-state index is 13.2. The zero-order chi connectivity index (χ0) is 25.9. The quantitative estimate of drug-likeness (QED) is 0.293. The molecule has 0 bridgehead atoms. The maximum absolute atomic E-state index is 13.2. The number of fused-ring (bicyclic) bond motifs is 1. The van der Waals surface area contributed by atoms with E-state index in [2.05, 4.69) is 25.3 Å². The number of pyridine rings is 1. The molecule has 0 aliphatic heterocycles. The van der Waals surface area contributed by atoms with Gasteiger partial charge in [0, 0.05) is 54.7 Å². The number of nitrogens with one attached hydrogen (secondary N) is 1. The molecule has 1 amide bonds. The van der Waals surface area contributed by atoms with E-state index in [-0.39, 0.29) is 16.0 Å². The Bertz CT molecular complexity index is 1560. The van der Waals surface area contributed by atoms with E-state index in [0.717, 1.165) is 5.56 Å². The van der Waals surface area contributed by atoms with Crippen LogP contribution in [-0.2, 0) is 6.54 Å². The molecule has 0 aliphatic rings. The zero-order valence-corrected chi connectivity index (χ0v) is 21.3. The van der Waals surface area contributed by atoms with E-state index in [9.17, 15) is 4.79 Å². The molecule has 9 nitrogen and oxygen atoms in total. The van der Waals surface area contributed by atoms with Gasteiger partial charge in [-0.15, -0.1) is 0 Å². The Morgan fingerprint density at radius 3 is 2.30 bits per heavy atom. The molecule has 11 heteroatoms. The lowest BCUT2D eigenvalue weighted by Crippen LogP contribution is -2.14. The van der Waals surface area contributed by atoms with E-state index in [1.807, 2.05) is 16.8 Å². The Hall–Kier alpha value is -4.21. The Balaban J connectivity index is 1.50. The van der Waals surface area contributed by atoms with Gasteiger partial charge in [0.15, 0.2) is 0 Å². The van der Waals surface area contributed by atoms with Gasteiger partial charge in [-0.3, -0.25) is 14.8 Å². The minimum Gasteiger partial charge on any atom is -0.495 e. The van der Waals surface area contributed by atoms with Gasteiger partial charge in [0.05, 0.1) is 41.7 Å². The number of imidazole rings is 1. The highest BCUT2D eigenvalue weighted by atomic mass is 35.5. The van der Waals surface area contributed by atoms with Crippen molar-refractivity contribution < 1.29 is 14.3 Å². The van der Waals surface area contributed by atoms with Crippen LogP contribution in [0, 0.1) is 0 Å². The van der Waals surface area contributed by atoms with E-state index in [1.165, 1.54) is 26.6 Å². The number of aromatic nitrogens is 5. The number of nitrogens with zero attached hydrogens (tertiary/aromatic N) is 5. The predicted octanol–water partition coefficient (Wildman–Crippen LogP) is 5.51. The van der Waals surface area contributed by atoms with Gasteiger partial charge < -0.3 is 19.4 Å². The van der Waals surface area contributed by atoms with Crippen LogP contribution in [0.15, 0.2) is 67.6 Å². The highest BCUT2D eigenvalue weighted by molar-refractivity contribution is 6.41. The molecule has 2 aromatic carbocycles. The van der Waals surface area contributed by atoms with Gasteiger partial charge in [-0.25, -0.2) is 9.97 Å². The number of anilines is 1. The summed E-state index contributed by atoms with van der Waals surface area (Å²) in [4.78, 5) is 30.5. The van der Waals surface area contributed by atoms with Gasteiger partial charge in [-0.1, -0.05) is 35.3 Å². The van der Waals surface area contributed by atoms with Crippen molar-refractivity contribution in [3.63, 3.8) is 0 Å². The number of benzene rings is 2.